The highest BCUT2D eigenvalue weighted by Crippen LogP contribution is 2.21. The summed E-state index contributed by atoms with van der Waals surface area (Å²) < 4.78 is 15.8. The fraction of sp³-hybridized carbons (Fsp3) is 0.231. The molecule has 2 aromatic rings. The topological polar surface area (TPSA) is 46.9 Å². The minimum atomic E-state index is -0.567. The molecule has 100 valence electrons. The van der Waals surface area contributed by atoms with Crippen molar-refractivity contribution in [1.29, 1.82) is 0 Å². The molecule has 0 atom stereocenters. The van der Waals surface area contributed by atoms with Gasteiger partial charge in [0.15, 0.2) is 0 Å². The van der Waals surface area contributed by atoms with E-state index < -0.39 is 11.7 Å². The number of hydrogen-bond acceptors (Lipinski definition) is 2. The Hall–Kier alpha value is -1.69. The van der Waals surface area contributed by atoms with E-state index in [2.05, 4.69) is 26.3 Å². The maximum absolute atomic E-state index is 13.6. The predicted octanol–water partition coefficient (Wildman–Crippen LogP) is 3.62. The first-order valence-corrected chi connectivity index (χ1v) is 6.58. The van der Waals surface area contributed by atoms with Gasteiger partial charge in [-0.15, -0.1) is 0 Å². The molecule has 0 saturated heterocycles. The van der Waals surface area contributed by atoms with Crippen molar-refractivity contribution in [1.82, 2.24) is 9.78 Å². The molecule has 0 aliphatic heterocycles. The van der Waals surface area contributed by atoms with E-state index in [-0.39, 0.29) is 11.6 Å². The maximum Gasteiger partial charge on any atom is 0.259 e. The minimum absolute atomic E-state index is 0.0141. The van der Waals surface area contributed by atoms with Crippen LogP contribution < -0.4 is 5.32 Å². The lowest BCUT2D eigenvalue weighted by molar-refractivity contribution is 0.102. The SMILES string of the molecule is CC(C)n1cc(NC(=O)c2c(F)cccc2Br)cn1. The quantitative estimate of drug-likeness (QED) is 0.936. The van der Waals surface area contributed by atoms with Crippen LogP contribution in [0.15, 0.2) is 35.1 Å². The first kappa shape index (κ1) is 13.7. The molecule has 0 spiro atoms. The summed E-state index contributed by atoms with van der Waals surface area (Å²) in [6, 6.07) is 4.60. The van der Waals surface area contributed by atoms with Crippen LogP contribution in [0, 0.1) is 5.82 Å². The first-order valence-electron chi connectivity index (χ1n) is 5.78. The number of anilines is 1. The number of halogens is 2. The molecule has 0 bridgehead atoms. The number of carbonyl (C=O) groups excluding carboxylic acids is 1. The van der Waals surface area contributed by atoms with Crippen molar-refractivity contribution in [2.45, 2.75) is 19.9 Å². The van der Waals surface area contributed by atoms with Crippen molar-refractivity contribution in [3.63, 3.8) is 0 Å². The molecular weight excluding hydrogens is 313 g/mol. The summed E-state index contributed by atoms with van der Waals surface area (Å²) >= 11 is 3.17. The summed E-state index contributed by atoms with van der Waals surface area (Å²) in [5, 5.41) is 6.73. The number of nitrogens with one attached hydrogen (secondary N) is 1. The lowest BCUT2D eigenvalue weighted by atomic mass is 10.2. The number of rotatable bonds is 3. The van der Waals surface area contributed by atoms with Crippen LogP contribution in [0.4, 0.5) is 10.1 Å². The number of carbonyl (C=O) groups is 1. The second-order valence-corrected chi connectivity index (χ2v) is 5.21. The van der Waals surface area contributed by atoms with Crippen LogP contribution in [-0.2, 0) is 0 Å². The largest absolute Gasteiger partial charge is 0.319 e. The fourth-order valence-electron chi connectivity index (χ4n) is 1.59. The fourth-order valence-corrected chi connectivity index (χ4v) is 2.12. The van der Waals surface area contributed by atoms with Crippen molar-refractivity contribution in [3.8, 4) is 0 Å². The van der Waals surface area contributed by atoms with Crippen molar-refractivity contribution in [2.75, 3.05) is 5.32 Å². The van der Waals surface area contributed by atoms with Crippen molar-refractivity contribution >= 4 is 27.5 Å². The Labute approximate surface area is 118 Å². The third kappa shape index (κ3) is 3.01. The average molecular weight is 326 g/mol. The zero-order chi connectivity index (χ0) is 14.0. The normalized spacial score (nSPS) is 10.8. The Morgan fingerprint density at radius 1 is 1.47 bits per heavy atom. The van der Waals surface area contributed by atoms with Gasteiger partial charge in [0.1, 0.15) is 5.82 Å². The Kier molecular flexibility index (Phi) is 3.99. The number of hydrogen-bond donors (Lipinski definition) is 1. The van der Waals surface area contributed by atoms with Gasteiger partial charge >= 0.3 is 0 Å². The van der Waals surface area contributed by atoms with Gasteiger partial charge in [0.25, 0.3) is 5.91 Å². The molecule has 2 rings (SSSR count). The number of aromatic nitrogens is 2. The molecule has 0 unspecified atom stereocenters. The summed E-state index contributed by atoms with van der Waals surface area (Å²) in [5.74, 6) is -1.07. The van der Waals surface area contributed by atoms with Crippen molar-refractivity contribution in [3.05, 3.63) is 46.4 Å². The van der Waals surface area contributed by atoms with Crippen LogP contribution in [-0.4, -0.2) is 15.7 Å². The van der Waals surface area contributed by atoms with Gasteiger partial charge < -0.3 is 5.32 Å². The minimum Gasteiger partial charge on any atom is -0.319 e. The van der Waals surface area contributed by atoms with E-state index in [9.17, 15) is 9.18 Å². The van der Waals surface area contributed by atoms with Gasteiger partial charge in [-0.1, -0.05) is 6.07 Å². The molecule has 0 radical (unpaired) electrons. The van der Waals surface area contributed by atoms with Gasteiger partial charge in [-0.25, -0.2) is 4.39 Å². The molecule has 4 nitrogen and oxygen atoms in total. The lowest BCUT2D eigenvalue weighted by Gasteiger charge is -2.06. The highest BCUT2D eigenvalue weighted by Gasteiger charge is 2.16. The summed E-state index contributed by atoms with van der Waals surface area (Å²) in [7, 11) is 0. The van der Waals surface area contributed by atoms with Crippen LogP contribution in [0.3, 0.4) is 0 Å². The highest BCUT2D eigenvalue weighted by atomic mass is 79.9. The molecule has 1 aromatic carbocycles. The molecular formula is C13H13BrFN3O. The zero-order valence-corrected chi connectivity index (χ0v) is 12.1. The molecule has 19 heavy (non-hydrogen) atoms. The maximum atomic E-state index is 13.6. The molecule has 1 heterocycles. The van der Waals surface area contributed by atoms with Crippen LogP contribution in [0.2, 0.25) is 0 Å². The van der Waals surface area contributed by atoms with E-state index >= 15 is 0 Å². The zero-order valence-electron chi connectivity index (χ0n) is 10.5. The van der Waals surface area contributed by atoms with Crippen LogP contribution >= 0.6 is 15.9 Å². The Morgan fingerprint density at radius 3 is 2.79 bits per heavy atom. The Balaban J connectivity index is 2.21. The number of nitrogens with zero attached hydrogens (tertiary/aromatic N) is 2. The van der Waals surface area contributed by atoms with Gasteiger partial charge in [-0.2, -0.15) is 5.10 Å². The molecule has 1 amide bonds. The van der Waals surface area contributed by atoms with Crippen LogP contribution in [0.1, 0.15) is 30.2 Å². The molecule has 1 aromatic heterocycles. The van der Waals surface area contributed by atoms with E-state index in [1.807, 2.05) is 13.8 Å². The number of benzene rings is 1. The van der Waals surface area contributed by atoms with Gasteiger partial charge in [0, 0.05) is 16.7 Å². The van der Waals surface area contributed by atoms with Gasteiger partial charge in [0.05, 0.1) is 17.4 Å². The third-order valence-electron chi connectivity index (χ3n) is 2.58. The molecule has 6 heteroatoms. The van der Waals surface area contributed by atoms with E-state index in [1.54, 1.807) is 16.9 Å². The Bertz CT molecular complexity index is 589. The summed E-state index contributed by atoms with van der Waals surface area (Å²) in [6.45, 7) is 3.96. The second-order valence-electron chi connectivity index (χ2n) is 4.35. The smallest absolute Gasteiger partial charge is 0.259 e. The van der Waals surface area contributed by atoms with Crippen molar-refractivity contribution < 1.29 is 9.18 Å². The summed E-state index contributed by atoms with van der Waals surface area (Å²) in [5.41, 5.74) is 0.522. The monoisotopic (exact) mass is 325 g/mol. The van der Waals surface area contributed by atoms with Crippen molar-refractivity contribution in [2.24, 2.45) is 0 Å². The van der Waals surface area contributed by atoms with E-state index in [0.29, 0.717) is 10.2 Å². The van der Waals surface area contributed by atoms with Gasteiger partial charge in [-0.3, -0.25) is 9.48 Å². The van der Waals surface area contributed by atoms with Crippen LogP contribution in [0.5, 0.6) is 0 Å². The van der Waals surface area contributed by atoms with Gasteiger partial charge in [0.2, 0.25) is 0 Å². The molecule has 0 fully saturated rings. The summed E-state index contributed by atoms with van der Waals surface area (Å²) in [6.07, 6.45) is 3.24. The first-order chi connectivity index (χ1) is 8.99. The predicted molar refractivity (Wildman–Crippen MR) is 74.7 cm³/mol. The highest BCUT2D eigenvalue weighted by molar-refractivity contribution is 9.10. The van der Waals surface area contributed by atoms with E-state index in [0.717, 1.165) is 0 Å². The molecule has 0 saturated carbocycles. The molecule has 0 aliphatic carbocycles. The number of amides is 1. The van der Waals surface area contributed by atoms with E-state index in [1.165, 1.54) is 18.3 Å². The van der Waals surface area contributed by atoms with Gasteiger partial charge in [-0.05, 0) is 41.9 Å². The lowest BCUT2D eigenvalue weighted by Crippen LogP contribution is -2.14. The van der Waals surface area contributed by atoms with Crippen LogP contribution in [0.25, 0.3) is 0 Å². The standard InChI is InChI=1S/C13H13BrFN3O/c1-8(2)18-7-9(6-16-18)17-13(19)12-10(14)4-3-5-11(12)15/h3-8H,1-2H3,(H,17,19). The van der Waals surface area contributed by atoms with E-state index in [4.69, 9.17) is 0 Å². The molecule has 0 aliphatic rings. The second kappa shape index (κ2) is 5.52. The third-order valence-corrected chi connectivity index (χ3v) is 3.24. The average Bonchev–Trinajstić information content (AvgIpc) is 2.77. The molecule has 1 N–H and O–H groups in total. The Morgan fingerprint density at radius 2 is 2.21 bits per heavy atom. The summed E-state index contributed by atoms with van der Waals surface area (Å²) in [4.78, 5) is 12.0.